The van der Waals surface area contributed by atoms with Crippen LogP contribution in [0, 0.1) is 0 Å². The number of carbonyl (C=O) groups is 1. The van der Waals surface area contributed by atoms with Gasteiger partial charge in [-0.25, -0.2) is 0 Å². The Kier molecular flexibility index (Phi) is 5.93. The van der Waals surface area contributed by atoms with E-state index in [4.69, 9.17) is 0 Å². The Morgan fingerprint density at radius 3 is 2.00 bits per heavy atom. The standard InChI is InChI=1S/C6H11NO.C3H9N/c1-5-2-3-6(4-8)7-5;1-4(2)3/h4-7H,2-3H2,1H3;1-3H3. The highest BCUT2D eigenvalue weighted by Crippen LogP contribution is 2.08. The van der Waals surface area contributed by atoms with Crippen LogP contribution in [-0.4, -0.2) is 44.4 Å². The first kappa shape index (κ1) is 11.6. The molecule has 0 aromatic carbocycles. The Hall–Kier alpha value is -0.410. The van der Waals surface area contributed by atoms with Gasteiger partial charge < -0.3 is 15.0 Å². The SMILES string of the molecule is CC1CCC(C=O)N1.CN(C)C. The summed E-state index contributed by atoms with van der Waals surface area (Å²) in [5.74, 6) is 0. The van der Waals surface area contributed by atoms with Crippen molar-refractivity contribution in [3.05, 3.63) is 0 Å². The highest BCUT2D eigenvalue weighted by atomic mass is 16.1. The summed E-state index contributed by atoms with van der Waals surface area (Å²) in [5, 5.41) is 3.14. The fourth-order valence-electron chi connectivity index (χ4n) is 1.07. The predicted molar refractivity (Wildman–Crippen MR) is 51.3 cm³/mol. The van der Waals surface area contributed by atoms with E-state index in [9.17, 15) is 4.79 Å². The third-order valence-corrected chi connectivity index (χ3v) is 1.57. The average Bonchev–Trinajstić information content (AvgIpc) is 2.34. The van der Waals surface area contributed by atoms with Crippen LogP contribution in [0.1, 0.15) is 19.8 Å². The van der Waals surface area contributed by atoms with Gasteiger partial charge in [-0.2, -0.15) is 0 Å². The molecule has 0 bridgehead atoms. The maximum Gasteiger partial charge on any atom is 0.136 e. The van der Waals surface area contributed by atoms with Crippen molar-refractivity contribution in [3.63, 3.8) is 0 Å². The normalized spacial score (nSPS) is 28.1. The van der Waals surface area contributed by atoms with Crippen LogP contribution in [0.5, 0.6) is 0 Å². The van der Waals surface area contributed by atoms with Crippen LogP contribution in [0.15, 0.2) is 0 Å². The zero-order chi connectivity index (χ0) is 9.56. The first-order valence-corrected chi connectivity index (χ1v) is 4.38. The summed E-state index contributed by atoms with van der Waals surface area (Å²) in [6, 6.07) is 0.690. The van der Waals surface area contributed by atoms with E-state index in [1.165, 1.54) is 0 Å². The first-order chi connectivity index (χ1) is 5.56. The average molecular weight is 172 g/mol. The van der Waals surface area contributed by atoms with E-state index < -0.39 is 0 Å². The summed E-state index contributed by atoms with van der Waals surface area (Å²) < 4.78 is 0. The van der Waals surface area contributed by atoms with Crippen LogP contribution in [0.3, 0.4) is 0 Å². The smallest absolute Gasteiger partial charge is 0.136 e. The maximum atomic E-state index is 10.1. The number of hydrogen-bond acceptors (Lipinski definition) is 3. The number of rotatable bonds is 1. The second kappa shape index (κ2) is 6.14. The Morgan fingerprint density at radius 1 is 1.33 bits per heavy atom. The minimum absolute atomic E-state index is 0.144. The van der Waals surface area contributed by atoms with Crippen molar-refractivity contribution in [1.82, 2.24) is 10.2 Å². The minimum atomic E-state index is 0.144. The van der Waals surface area contributed by atoms with Gasteiger partial charge in [0.1, 0.15) is 6.29 Å². The topological polar surface area (TPSA) is 32.3 Å². The fourth-order valence-corrected chi connectivity index (χ4v) is 1.07. The molecule has 2 unspecified atom stereocenters. The van der Waals surface area contributed by atoms with Gasteiger partial charge in [0.15, 0.2) is 0 Å². The number of hydrogen-bond donors (Lipinski definition) is 1. The molecule has 72 valence electrons. The van der Waals surface area contributed by atoms with Crippen molar-refractivity contribution in [1.29, 1.82) is 0 Å². The number of nitrogens with zero attached hydrogens (tertiary/aromatic N) is 1. The Bertz CT molecular complexity index is 123. The lowest BCUT2D eigenvalue weighted by atomic mass is 10.2. The minimum Gasteiger partial charge on any atom is -0.312 e. The monoisotopic (exact) mass is 172 g/mol. The number of carbonyl (C=O) groups excluding carboxylic acids is 1. The van der Waals surface area contributed by atoms with Crippen molar-refractivity contribution < 1.29 is 4.79 Å². The molecule has 12 heavy (non-hydrogen) atoms. The van der Waals surface area contributed by atoms with Crippen molar-refractivity contribution in [2.45, 2.75) is 31.8 Å². The summed E-state index contributed by atoms with van der Waals surface area (Å²) >= 11 is 0. The molecular formula is C9H20N2O. The van der Waals surface area contributed by atoms with Crippen molar-refractivity contribution in [2.24, 2.45) is 0 Å². The molecule has 1 saturated heterocycles. The fraction of sp³-hybridized carbons (Fsp3) is 0.889. The molecule has 0 aromatic rings. The van der Waals surface area contributed by atoms with Crippen LogP contribution >= 0.6 is 0 Å². The number of nitrogens with one attached hydrogen (secondary N) is 1. The van der Waals surface area contributed by atoms with Gasteiger partial charge in [-0.1, -0.05) is 0 Å². The highest BCUT2D eigenvalue weighted by Gasteiger charge is 2.18. The van der Waals surface area contributed by atoms with Gasteiger partial charge in [-0.05, 0) is 40.9 Å². The van der Waals surface area contributed by atoms with Crippen molar-refractivity contribution >= 4 is 6.29 Å². The molecule has 0 amide bonds. The molecule has 0 aliphatic carbocycles. The lowest BCUT2D eigenvalue weighted by Gasteiger charge is -2.00. The first-order valence-electron chi connectivity index (χ1n) is 4.38. The van der Waals surface area contributed by atoms with Crippen LogP contribution in [0.25, 0.3) is 0 Å². The molecule has 1 aliphatic heterocycles. The molecule has 1 fully saturated rings. The van der Waals surface area contributed by atoms with Gasteiger partial charge in [0.05, 0.1) is 6.04 Å². The van der Waals surface area contributed by atoms with E-state index in [1.54, 1.807) is 0 Å². The van der Waals surface area contributed by atoms with Gasteiger partial charge in [-0.15, -0.1) is 0 Å². The lowest BCUT2D eigenvalue weighted by molar-refractivity contribution is -0.109. The second-order valence-corrected chi connectivity index (χ2v) is 3.73. The molecule has 1 heterocycles. The molecular weight excluding hydrogens is 152 g/mol. The zero-order valence-electron chi connectivity index (χ0n) is 8.50. The van der Waals surface area contributed by atoms with Crippen LogP contribution in [-0.2, 0) is 4.79 Å². The van der Waals surface area contributed by atoms with Crippen LogP contribution in [0.2, 0.25) is 0 Å². The zero-order valence-corrected chi connectivity index (χ0v) is 8.50. The molecule has 0 saturated carbocycles. The number of aldehydes is 1. The second-order valence-electron chi connectivity index (χ2n) is 3.73. The third-order valence-electron chi connectivity index (χ3n) is 1.57. The summed E-state index contributed by atoms with van der Waals surface area (Å²) in [7, 11) is 6.00. The van der Waals surface area contributed by atoms with E-state index in [1.807, 2.05) is 26.0 Å². The molecule has 1 aliphatic rings. The quantitative estimate of drug-likeness (QED) is 0.585. The molecule has 2 atom stereocenters. The van der Waals surface area contributed by atoms with Crippen LogP contribution in [0.4, 0.5) is 0 Å². The van der Waals surface area contributed by atoms with E-state index in [2.05, 4.69) is 12.2 Å². The summed E-state index contributed by atoms with van der Waals surface area (Å²) in [6.07, 6.45) is 3.15. The molecule has 0 spiro atoms. The van der Waals surface area contributed by atoms with Gasteiger partial charge in [0.2, 0.25) is 0 Å². The van der Waals surface area contributed by atoms with Gasteiger partial charge in [-0.3, -0.25) is 0 Å². The maximum absolute atomic E-state index is 10.1. The van der Waals surface area contributed by atoms with E-state index in [0.29, 0.717) is 6.04 Å². The van der Waals surface area contributed by atoms with Gasteiger partial charge in [0, 0.05) is 6.04 Å². The molecule has 0 aromatic heterocycles. The third kappa shape index (κ3) is 6.31. The van der Waals surface area contributed by atoms with E-state index in [0.717, 1.165) is 19.1 Å². The summed E-state index contributed by atoms with van der Waals surface area (Å²) in [4.78, 5) is 12.1. The van der Waals surface area contributed by atoms with Crippen LogP contribution < -0.4 is 5.32 Å². The van der Waals surface area contributed by atoms with Crippen molar-refractivity contribution in [3.8, 4) is 0 Å². The van der Waals surface area contributed by atoms with Gasteiger partial charge in [0.25, 0.3) is 0 Å². The van der Waals surface area contributed by atoms with Crippen molar-refractivity contribution in [2.75, 3.05) is 21.1 Å². The summed E-state index contributed by atoms with van der Waals surface area (Å²) in [6.45, 7) is 2.10. The molecule has 0 radical (unpaired) electrons. The van der Waals surface area contributed by atoms with Gasteiger partial charge >= 0.3 is 0 Å². The van der Waals surface area contributed by atoms with E-state index >= 15 is 0 Å². The summed E-state index contributed by atoms with van der Waals surface area (Å²) in [5.41, 5.74) is 0. The molecule has 3 heteroatoms. The molecule has 1 N–H and O–H groups in total. The molecule has 3 nitrogen and oxygen atoms in total. The predicted octanol–water partition coefficient (Wildman–Crippen LogP) is 0.504. The largest absolute Gasteiger partial charge is 0.312 e. The lowest BCUT2D eigenvalue weighted by Crippen LogP contribution is -2.27. The molecule has 1 rings (SSSR count). The Balaban J connectivity index is 0.000000261. The Morgan fingerprint density at radius 2 is 1.83 bits per heavy atom. The highest BCUT2D eigenvalue weighted by molar-refractivity contribution is 5.58. The Labute approximate surface area is 75.1 Å². The van der Waals surface area contributed by atoms with E-state index in [-0.39, 0.29) is 6.04 Å².